The van der Waals surface area contributed by atoms with E-state index < -0.39 is 0 Å². The van der Waals surface area contributed by atoms with Gasteiger partial charge < -0.3 is 10.0 Å². The van der Waals surface area contributed by atoms with E-state index in [1.54, 1.807) is 23.5 Å². The van der Waals surface area contributed by atoms with Crippen molar-refractivity contribution < 1.29 is 5.11 Å². The van der Waals surface area contributed by atoms with E-state index in [1.807, 2.05) is 44.6 Å². The van der Waals surface area contributed by atoms with E-state index >= 15 is 0 Å². The predicted octanol–water partition coefficient (Wildman–Crippen LogP) is 4.75. The molecule has 3 nitrogen and oxygen atoms in total. The van der Waals surface area contributed by atoms with Crippen LogP contribution in [0.1, 0.15) is 10.4 Å². The lowest BCUT2D eigenvalue weighted by Crippen LogP contribution is -2.07. The van der Waals surface area contributed by atoms with Crippen LogP contribution in [0.3, 0.4) is 0 Å². The van der Waals surface area contributed by atoms with Gasteiger partial charge in [-0.25, -0.2) is 4.98 Å². The van der Waals surface area contributed by atoms with Crippen LogP contribution in [-0.4, -0.2) is 24.2 Å². The maximum absolute atomic E-state index is 9.29. The molecule has 23 heavy (non-hydrogen) atoms. The Kier molecular flexibility index (Phi) is 4.44. The third-order valence-corrected chi connectivity index (χ3v) is 4.50. The largest absolute Gasteiger partial charge is 0.508 e. The van der Waals surface area contributed by atoms with Crippen LogP contribution >= 0.6 is 11.3 Å². The number of aromatic nitrogens is 1. The Bertz CT molecular complexity index is 802. The Labute approximate surface area is 140 Å². The molecule has 0 aliphatic heterocycles. The molecule has 0 unspecified atom stereocenters. The maximum atomic E-state index is 9.29. The smallest absolute Gasteiger partial charge is 0.123 e. The summed E-state index contributed by atoms with van der Waals surface area (Å²) in [5.41, 5.74) is 3.36. The highest BCUT2D eigenvalue weighted by atomic mass is 32.1. The summed E-state index contributed by atoms with van der Waals surface area (Å²) in [6.45, 7) is 0. The van der Waals surface area contributed by atoms with Crippen LogP contribution in [0.15, 0.2) is 54.7 Å². The fourth-order valence-electron chi connectivity index (χ4n) is 2.16. The second kappa shape index (κ2) is 6.67. The first-order chi connectivity index (χ1) is 11.1. The number of hydrogen-bond donors (Lipinski definition) is 1. The summed E-state index contributed by atoms with van der Waals surface area (Å²) < 4.78 is 0. The van der Waals surface area contributed by atoms with E-state index in [4.69, 9.17) is 0 Å². The summed E-state index contributed by atoms with van der Waals surface area (Å²) in [7, 11) is 4.06. The second-order valence-corrected chi connectivity index (χ2v) is 6.50. The van der Waals surface area contributed by atoms with Crippen LogP contribution in [0.25, 0.3) is 22.7 Å². The van der Waals surface area contributed by atoms with Crippen molar-refractivity contribution >= 4 is 29.2 Å². The number of thiazole rings is 1. The quantitative estimate of drug-likeness (QED) is 0.753. The Morgan fingerprint density at radius 1 is 0.957 bits per heavy atom. The standard InChI is InChI=1S/C19H18N2OS/c1-21(2)16-8-6-15(7-9-16)19-20-13-18(23-19)12-5-14-3-10-17(22)11-4-14/h3-13,22H,1-2H3/b12-5+. The summed E-state index contributed by atoms with van der Waals surface area (Å²) in [6.07, 6.45) is 5.95. The zero-order chi connectivity index (χ0) is 16.2. The van der Waals surface area contributed by atoms with Gasteiger partial charge in [-0.1, -0.05) is 18.2 Å². The average molecular weight is 322 g/mol. The van der Waals surface area contributed by atoms with E-state index in [1.165, 1.54) is 5.69 Å². The number of phenols is 1. The first-order valence-electron chi connectivity index (χ1n) is 7.32. The van der Waals surface area contributed by atoms with Gasteiger partial charge in [0.05, 0.1) is 0 Å². The van der Waals surface area contributed by atoms with Crippen molar-refractivity contribution in [1.29, 1.82) is 0 Å². The van der Waals surface area contributed by atoms with Crippen molar-refractivity contribution in [3.63, 3.8) is 0 Å². The minimum absolute atomic E-state index is 0.281. The van der Waals surface area contributed by atoms with Gasteiger partial charge in [0.15, 0.2) is 0 Å². The summed E-state index contributed by atoms with van der Waals surface area (Å²) in [6, 6.07) is 15.5. The number of aromatic hydroxyl groups is 1. The zero-order valence-corrected chi connectivity index (χ0v) is 13.9. The zero-order valence-electron chi connectivity index (χ0n) is 13.1. The molecular formula is C19H18N2OS. The molecule has 116 valence electrons. The van der Waals surface area contributed by atoms with Crippen LogP contribution in [-0.2, 0) is 0 Å². The molecule has 0 aliphatic rings. The summed E-state index contributed by atoms with van der Waals surface area (Å²) in [5, 5.41) is 10.3. The molecule has 3 rings (SSSR count). The Balaban J connectivity index is 1.76. The fourth-order valence-corrected chi connectivity index (χ4v) is 2.99. The minimum atomic E-state index is 0.281. The normalized spacial score (nSPS) is 11.0. The van der Waals surface area contributed by atoms with Gasteiger partial charge in [0, 0.05) is 36.4 Å². The second-order valence-electron chi connectivity index (χ2n) is 5.43. The molecule has 0 saturated carbocycles. The van der Waals surface area contributed by atoms with E-state index in [0.29, 0.717) is 0 Å². The lowest BCUT2D eigenvalue weighted by atomic mass is 10.2. The van der Waals surface area contributed by atoms with Crippen molar-refractivity contribution in [1.82, 2.24) is 4.98 Å². The first-order valence-corrected chi connectivity index (χ1v) is 8.14. The molecule has 0 bridgehead atoms. The molecule has 0 aliphatic carbocycles. The summed E-state index contributed by atoms with van der Waals surface area (Å²) in [4.78, 5) is 7.68. The molecule has 0 amide bonds. The van der Waals surface area contributed by atoms with Gasteiger partial charge in [0.2, 0.25) is 0 Å². The molecule has 0 atom stereocenters. The highest BCUT2D eigenvalue weighted by Gasteiger charge is 2.04. The third-order valence-electron chi connectivity index (χ3n) is 3.49. The first kappa shape index (κ1) is 15.3. The van der Waals surface area contributed by atoms with Gasteiger partial charge in [-0.05, 0) is 48.0 Å². The number of nitrogens with zero attached hydrogens (tertiary/aromatic N) is 2. The van der Waals surface area contributed by atoms with Crippen molar-refractivity contribution in [2.24, 2.45) is 0 Å². The van der Waals surface area contributed by atoms with Crippen molar-refractivity contribution in [3.05, 3.63) is 65.2 Å². The average Bonchev–Trinajstić information content (AvgIpc) is 3.03. The van der Waals surface area contributed by atoms with E-state index in [2.05, 4.69) is 34.1 Å². The molecule has 2 aromatic carbocycles. The molecule has 1 heterocycles. The molecular weight excluding hydrogens is 304 g/mol. The van der Waals surface area contributed by atoms with Crippen LogP contribution in [0.5, 0.6) is 5.75 Å². The lowest BCUT2D eigenvalue weighted by Gasteiger charge is -2.11. The summed E-state index contributed by atoms with van der Waals surface area (Å²) >= 11 is 1.66. The van der Waals surface area contributed by atoms with Gasteiger partial charge in [-0.15, -0.1) is 11.3 Å². The fraction of sp³-hybridized carbons (Fsp3) is 0.105. The van der Waals surface area contributed by atoms with Crippen LogP contribution in [0.4, 0.5) is 5.69 Å². The topological polar surface area (TPSA) is 36.4 Å². The SMILES string of the molecule is CN(C)c1ccc(-c2ncc(/C=C/c3ccc(O)cc3)s2)cc1. The molecule has 3 aromatic rings. The molecule has 4 heteroatoms. The molecule has 0 fully saturated rings. The van der Waals surface area contributed by atoms with Crippen molar-refractivity contribution in [2.45, 2.75) is 0 Å². The van der Waals surface area contributed by atoms with Crippen LogP contribution < -0.4 is 4.90 Å². The van der Waals surface area contributed by atoms with Crippen molar-refractivity contribution in [2.75, 3.05) is 19.0 Å². The third kappa shape index (κ3) is 3.79. The lowest BCUT2D eigenvalue weighted by molar-refractivity contribution is 0.475. The molecule has 1 aromatic heterocycles. The number of benzene rings is 2. The van der Waals surface area contributed by atoms with Crippen molar-refractivity contribution in [3.8, 4) is 16.3 Å². The maximum Gasteiger partial charge on any atom is 0.123 e. The van der Waals surface area contributed by atoms with E-state index in [0.717, 1.165) is 21.0 Å². The van der Waals surface area contributed by atoms with Gasteiger partial charge in [0.25, 0.3) is 0 Å². The molecule has 0 radical (unpaired) electrons. The minimum Gasteiger partial charge on any atom is -0.508 e. The molecule has 1 N–H and O–H groups in total. The number of hydrogen-bond acceptors (Lipinski definition) is 4. The Morgan fingerprint density at radius 3 is 2.30 bits per heavy atom. The van der Waals surface area contributed by atoms with Gasteiger partial charge in [-0.3, -0.25) is 0 Å². The highest BCUT2D eigenvalue weighted by Crippen LogP contribution is 2.28. The van der Waals surface area contributed by atoms with E-state index in [9.17, 15) is 5.11 Å². The van der Waals surface area contributed by atoms with Gasteiger partial charge >= 0.3 is 0 Å². The Morgan fingerprint density at radius 2 is 1.65 bits per heavy atom. The van der Waals surface area contributed by atoms with Crippen LogP contribution in [0.2, 0.25) is 0 Å². The number of rotatable bonds is 4. The van der Waals surface area contributed by atoms with E-state index in [-0.39, 0.29) is 5.75 Å². The molecule has 0 saturated heterocycles. The monoisotopic (exact) mass is 322 g/mol. The number of anilines is 1. The predicted molar refractivity (Wildman–Crippen MR) is 98.9 cm³/mol. The van der Waals surface area contributed by atoms with Gasteiger partial charge in [-0.2, -0.15) is 0 Å². The Hall–Kier alpha value is -2.59. The number of phenolic OH excluding ortho intramolecular Hbond substituents is 1. The van der Waals surface area contributed by atoms with Gasteiger partial charge in [0.1, 0.15) is 10.8 Å². The highest BCUT2D eigenvalue weighted by molar-refractivity contribution is 7.15. The molecule has 0 spiro atoms. The van der Waals surface area contributed by atoms with Crippen LogP contribution in [0, 0.1) is 0 Å². The summed E-state index contributed by atoms with van der Waals surface area (Å²) in [5.74, 6) is 0.281.